The van der Waals surface area contributed by atoms with Gasteiger partial charge in [-0.2, -0.15) is 0 Å². The molecule has 0 N–H and O–H groups in total. The van der Waals surface area contributed by atoms with E-state index in [9.17, 15) is 4.79 Å². The number of amides is 1. The van der Waals surface area contributed by atoms with Crippen molar-refractivity contribution in [2.75, 3.05) is 39.3 Å². The van der Waals surface area contributed by atoms with Gasteiger partial charge >= 0.3 is 0 Å². The molecule has 2 fully saturated rings. The quantitative estimate of drug-likeness (QED) is 0.795. The zero-order valence-electron chi connectivity index (χ0n) is 14.6. The van der Waals surface area contributed by atoms with Gasteiger partial charge in [-0.3, -0.25) is 4.79 Å². The van der Waals surface area contributed by atoms with E-state index in [0.717, 1.165) is 45.6 Å². The third-order valence-corrected chi connectivity index (χ3v) is 4.98. The van der Waals surface area contributed by atoms with Crippen LogP contribution in [0.2, 0.25) is 0 Å². The summed E-state index contributed by atoms with van der Waals surface area (Å²) in [5.41, 5.74) is 0. The predicted octanol–water partition coefficient (Wildman–Crippen LogP) is 1.77. The molecule has 6 heteroatoms. The normalized spacial score (nSPS) is 23.2. The van der Waals surface area contributed by atoms with Crippen LogP contribution in [0.3, 0.4) is 0 Å². The third kappa shape index (κ3) is 5.31. The molecule has 1 amide bonds. The van der Waals surface area contributed by atoms with Crippen molar-refractivity contribution in [3.05, 3.63) is 18.7 Å². The summed E-state index contributed by atoms with van der Waals surface area (Å²) in [6.07, 6.45) is 12.1. The second-order valence-corrected chi connectivity index (χ2v) is 6.95. The van der Waals surface area contributed by atoms with Gasteiger partial charge in [-0.1, -0.05) is 6.42 Å². The SMILES string of the molecule is O=C(CCCn1ccnc1)N1CCCO[C@@H](CN2CCCCC2)C1. The molecular formula is C18H30N4O2. The molecule has 1 aromatic heterocycles. The Hall–Kier alpha value is -1.40. The number of rotatable bonds is 6. The minimum atomic E-state index is 0.170. The molecule has 3 heterocycles. The van der Waals surface area contributed by atoms with Crippen LogP contribution in [0.4, 0.5) is 0 Å². The van der Waals surface area contributed by atoms with Crippen LogP contribution in [-0.2, 0) is 16.1 Å². The Bertz CT molecular complexity index is 485. The molecule has 1 atom stereocenters. The number of nitrogens with zero attached hydrogens (tertiary/aromatic N) is 4. The van der Waals surface area contributed by atoms with Crippen LogP contribution >= 0.6 is 0 Å². The van der Waals surface area contributed by atoms with Gasteiger partial charge in [-0.15, -0.1) is 0 Å². The van der Waals surface area contributed by atoms with E-state index in [2.05, 4.69) is 9.88 Å². The largest absolute Gasteiger partial charge is 0.375 e. The summed E-state index contributed by atoms with van der Waals surface area (Å²) in [4.78, 5) is 21.1. The van der Waals surface area contributed by atoms with E-state index >= 15 is 0 Å². The summed E-state index contributed by atoms with van der Waals surface area (Å²) < 4.78 is 8.03. The molecule has 0 aliphatic carbocycles. The Kier molecular flexibility index (Phi) is 6.66. The molecule has 0 aromatic carbocycles. The average Bonchev–Trinajstić information content (AvgIpc) is 3.01. The maximum Gasteiger partial charge on any atom is 0.222 e. The fourth-order valence-electron chi connectivity index (χ4n) is 3.65. The van der Waals surface area contributed by atoms with Gasteiger partial charge in [0.2, 0.25) is 5.91 Å². The number of ether oxygens (including phenoxy) is 1. The minimum absolute atomic E-state index is 0.170. The van der Waals surface area contributed by atoms with Crippen molar-refractivity contribution in [1.82, 2.24) is 19.4 Å². The van der Waals surface area contributed by atoms with E-state index in [1.807, 2.05) is 15.7 Å². The fraction of sp³-hybridized carbons (Fsp3) is 0.778. The van der Waals surface area contributed by atoms with Gasteiger partial charge in [0.1, 0.15) is 0 Å². The maximum atomic E-state index is 12.5. The lowest BCUT2D eigenvalue weighted by molar-refractivity contribution is -0.132. The van der Waals surface area contributed by atoms with Crippen LogP contribution < -0.4 is 0 Å². The number of likely N-dealkylation sites (tertiary alicyclic amines) is 1. The summed E-state index contributed by atoms with van der Waals surface area (Å²) in [5.74, 6) is 0.268. The molecule has 2 aliphatic rings. The molecule has 3 rings (SSSR count). The molecular weight excluding hydrogens is 304 g/mol. The second kappa shape index (κ2) is 9.18. The third-order valence-electron chi connectivity index (χ3n) is 4.98. The molecule has 0 unspecified atom stereocenters. The predicted molar refractivity (Wildman–Crippen MR) is 92.7 cm³/mol. The average molecular weight is 334 g/mol. The van der Waals surface area contributed by atoms with Crippen LogP contribution in [0.15, 0.2) is 18.7 Å². The first-order chi connectivity index (χ1) is 11.8. The smallest absolute Gasteiger partial charge is 0.222 e. The van der Waals surface area contributed by atoms with Crippen LogP contribution in [0.5, 0.6) is 0 Å². The van der Waals surface area contributed by atoms with Crippen molar-refractivity contribution < 1.29 is 9.53 Å². The van der Waals surface area contributed by atoms with E-state index in [0.29, 0.717) is 6.42 Å². The molecule has 134 valence electrons. The van der Waals surface area contributed by atoms with Gasteiger partial charge in [0.15, 0.2) is 0 Å². The lowest BCUT2D eigenvalue weighted by Crippen LogP contribution is -2.43. The Morgan fingerprint density at radius 3 is 2.83 bits per heavy atom. The Morgan fingerprint density at radius 1 is 1.17 bits per heavy atom. The minimum Gasteiger partial charge on any atom is -0.375 e. The Labute approximate surface area is 144 Å². The Morgan fingerprint density at radius 2 is 2.04 bits per heavy atom. The highest BCUT2D eigenvalue weighted by Gasteiger charge is 2.24. The highest BCUT2D eigenvalue weighted by Crippen LogP contribution is 2.14. The monoisotopic (exact) mass is 334 g/mol. The van der Waals surface area contributed by atoms with Crippen molar-refractivity contribution in [2.45, 2.75) is 51.2 Å². The van der Waals surface area contributed by atoms with E-state index < -0.39 is 0 Å². The molecule has 0 bridgehead atoms. The van der Waals surface area contributed by atoms with E-state index in [-0.39, 0.29) is 12.0 Å². The van der Waals surface area contributed by atoms with Crippen molar-refractivity contribution >= 4 is 5.91 Å². The number of aryl methyl sites for hydroxylation is 1. The molecule has 1 aromatic rings. The van der Waals surface area contributed by atoms with Crippen molar-refractivity contribution in [3.63, 3.8) is 0 Å². The maximum absolute atomic E-state index is 12.5. The lowest BCUT2D eigenvalue weighted by atomic mass is 10.1. The van der Waals surface area contributed by atoms with E-state index in [4.69, 9.17) is 4.74 Å². The van der Waals surface area contributed by atoms with Gasteiger partial charge in [0.05, 0.1) is 12.4 Å². The molecule has 2 aliphatic heterocycles. The van der Waals surface area contributed by atoms with Gasteiger partial charge in [0, 0.05) is 51.6 Å². The summed E-state index contributed by atoms with van der Waals surface area (Å²) >= 11 is 0. The van der Waals surface area contributed by atoms with Crippen molar-refractivity contribution in [3.8, 4) is 0 Å². The molecule has 0 saturated carbocycles. The van der Waals surface area contributed by atoms with Gasteiger partial charge < -0.3 is 19.1 Å². The standard InChI is InChI=1S/C18H30N4O2/c23-18(6-4-10-21-12-7-19-16-21)22-11-5-13-24-17(15-22)14-20-8-2-1-3-9-20/h7,12,16-17H,1-6,8-11,13-15H2/t17-/m0/s1. The van der Waals surface area contributed by atoms with Crippen LogP contribution in [-0.4, -0.2) is 70.7 Å². The first-order valence-electron chi connectivity index (χ1n) is 9.39. The molecule has 24 heavy (non-hydrogen) atoms. The highest BCUT2D eigenvalue weighted by molar-refractivity contribution is 5.76. The van der Waals surface area contributed by atoms with Crippen LogP contribution in [0.1, 0.15) is 38.5 Å². The zero-order valence-corrected chi connectivity index (χ0v) is 14.6. The summed E-state index contributed by atoms with van der Waals surface area (Å²) in [5, 5.41) is 0. The molecule has 2 saturated heterocycles. The first-order valence-corrected chi connectivity index (χ1v) is 9.39. The summed E-state index contributed by atoms with van der Waals surface area (Å²) in [7, 11) is 0. The van der Waals surface area contributed by atoms with E-state index in [1.54, 1.807) is 12.5 Å². The van der Waals surface area contributed by atoms with Gasteiger partial charge in [-0.05, 0) is 38.8 Å². The number of carbonyl (C=O) groups excluding carboxylic acids is 1. The van der Waals surface area contributed by atoms with Crippen LogP contribution in [0, 0.1) is 0 Å². The number of aromatic nitrogens is 2. The first kappa shape index (κ1) is 17.4. The second-order valence-electron chi connectivity index (χ2n) is 6.95. The number of carbonyl (C=O) groups is 1. The van der Waals surface area contributed by atoms with Gasteiger partial charge in [-0.25, -0.2) is 4.98 Å². The molecule has 0 radical (unpaired) electrons. The van der Waals surface area contributed by atoms with Crippen molar-refractivity contribution in [1.29, 1.82) is 0 Å². The lowest BCUT2D eigenvalue weighted by Gasteiger charge is -2.31. The zero-order chi connectivity index (χ0) is 16.6. The topological polar surface area (TPSA) is 50.6 Å². The number of hydrogen-bond acceptors (Lipinski definition) is 4. The number of hydrogen-bond donors (Lipinski definition) is 0. The van der Waals surface area contributed by atoms with Crippen LogP contribution in [0.25, 0.3) is 0 Å². The number of imidazole rings is 1. The van der Waals surface area contributed by atoms with Crippen molar-refractivity contribution in [2.24, 2.45) is 0 Å². The van der Waals surface area contributed by atoms with Gasteiger partial charge in [0.25, 0.3) is 0 Å². The summed E-state index contributed by atoms with van der Waals surface area (Å²) in [6.45, 7) is 6.54. The van der Waals surface area contributed by atoms with E-state index in [1.165, 1.54) is 32.4 Å². The highest BCUT2D eigenvalue weighted by atomic mass is 16.5. The molecule has 6 nitrogen and oxygen atoms in total. The summed E-state index contributed by atoms with van der Waals surface area (Å²) in [6, 6.07) is 0. The fourth-order valence-corrected chi connectivity index (χ4v) is 3.65. The molecule has 0 spiro atoms. The Balaban J connectivity index is 1.43. The number of piperidine rings is 1.